The second kappa shape index (κ2) is 13.7. The minimum Gasteiger partial charge on any atom is -0.443 e. The fourth-order valence-electron chi connectivity index (χ4n) is 3.83. The summed E-state index contributed by atoms with van der Waals surface area (Å²) in [6.07, 6.45) is -2.85. The summed E-state index contributed by atoms with van der Waals surface area (Å²) < 4.78 is 42.4. The molecule has 1 amide bonds. The van der Waals surface area contributed by atoms with Crippen molar-refractivity contribution in [1.29, 1.82) is 0 Å². The number of rotatable bonds is 14. The van der Waals surface area contributed by atoms with Gasteiger partial charge in [0.25, 0.3) is 10.1 Å². The topological polar surface area (TPSA) is 157 Å². The van der Waals surface area contributed by atoms with Crippen LogP contribution in [0.3, 0.4) is 0 Å². The molecule has 0 saturated carbocycles. The zero-order valence-corrected chi connectivity index (χ0v) is 22.0. The SMILES string of the molecule is CC(C)(C)CS(=O)(=O)OC(COC(CN)C(Cc1ccccc1)OC(N)=O)CC(N)c1ccccc1. The number of ether oxygens (including phenoxy) is 2. The van der Waals surface area contributed by atoms with E-state index < -0.39 is 46.0 Å². The Morgan fingerprint density at radius 1 is 0.972 bits per heavy atom. The lowest BCUT2D eigenvalue weighted by Gasteiger charge is -2.29. The molecule has 10 heteroatoms. The number of primary amides is 1. The number of hydrogen-bond acceptors (Lipinski definition) is 8. The smallest absolute Gasteiger partial charge is 0.404 e. The van der Waals surface area contributed by atoms with E-state index in [1.165, 1.54) is 0 Å². The molecule has 9 nitrogen and oxygen atoms in total. The third-order valence-corrected chi connectivity index (χ3v) is 7.11. The predicted molar refractivity (Wildman–Crippen MR) is 139 cm³/mol. The van der Waals surface area contributed by atoms with Crippen LogP contribution in [0.2, 0.25) is 0 Å². The molecule has 0 saturated heterocycles. The summed E-state index contributed by atoms with van der Waals surface area (Å²) in [6.45, 7) is 5.33. The van der Waals surface area contributed by atoms with E-state index in [9.17, 15) is 13.2 Å². The molecule has 200 valence electrons. The Labute approximate surface area is 214 Å². The molecular formula is C26H39N3O6S. The molecule has 4 atom stereocenters. The fraction of sp³-hybridized carbons (Fsp3) is 0.500. The van der Waals surface area contributed by atoms with Crippen LogP contribution < -0.4 is 17.2 Å². The van der Waals surface area contributed by atoms with Gasteiger partial charge in [-0.15, -0.1) is 0 Å². The first-order chi connectivity index (χ1) is 16.9. The number of carbonyl (C=O) groups excluding carboxylic acids is 1. The third-order valence-electron chi connectivity index (χ3n) is 5.33. The van der Waals surface area contributed by atoms with Gasteiger partial charge in [0.1, 0.15) is 18.3 Å². The van der Waals surface area contributed by atoms with Crippen LogP contribution in [0.5, 0.6) is 0 Å². The van der Waals surface area contributed by atoms with Crippen molar-refractivity contribution in [1.82, 2.24) is 0 Å². The fourth-order valence-corrected chi connectivity index (χ4v) is 5.51. The number of carbonyl (C=O) groups is 1. The van der Waals surface area contributed by atoms with Crippen LogP contribution in [-0.2, 0) is 30.2 Å². The highest BCUT2D eigenvalue weighted by molar-refractivity contribution is 7.86. The summed E-state index contributed by atoms with van der Waals surface area (Å²) in [6, 6.07) is 18.2. The van der Waals surface area contributed by atoms with Gasteiger partial charge in [-0.3, -0.25) is 4.18 Å². The highest BCUT2D eigenvalue weighted by Gasteiger charge is 2.30. The van der Waals surface area contributed by atoms with Crippen LogP contribution in [0.4, 0.5) is 4.79 Å². The molecule has 0 fully saturated rings. The van der Waals surface area contributed by atoms with Crippen LogP contribution in [0.15, 0.2) is 60.7 Å². The lowest BCUT2D eigenvalue weighted by atomic mass is 10.0. The van der Waals surface area contributed by atoms with Crippen molar-refractivity contribution in [2.75, 3.05) is 18.9 Å². The van der Waals surface area contributed by atoms with Gasteiger partial charge in [0.15, 0.2) is 0 Å². The summed E-state index contributed by atoms with van der Waals surface area (Å²) >= 11 is 0. The van der Waals surface area contributed by atoms with Crippen LogP contribution in [0.1, 0.15) is 44.4 Å². The molecule has 0 spiro atoms. The first-order valence-corrected chi connectivity index (χ1v) is 13.5. The first kappa shape index (κ1) is 29.7. The largest absolute Gasteiger partial charge is 0.443 e. The maximum Gasteiger partial charge on any atom is 0.404 e. The van der Waals surface area contributed by atoms with Gasteiger partial charge < -0.3 is 26.7 Å². The second-order valence-electron chi connectivity index (χ2n) is 10.0. The maximum absolute atomic E-state index is 12.8. The molecular weight excluding hydrogens is 482 g/mol. The van der Waals surface area contributed by atoms with Gasteiger partial charge in [0.05, 0.1) is 12.4 Å². The molecule has 0 aromatic heterocycles. The van der Waals surface area contributed by atoms with Crippen molar-refractivity contribution in [2.45, 2.75) is 58.0 Å². The van der Waals surface area contributed by atoms with E-state index in [-0.39, 0.29) is 25.3 Å². The van der Waals surface area contributed by atoms with Gasteiger partial charge in [-0.2, -0.15) is 8.42 Å². The normalized spacial score (nSPS) is 15.6. The Kier molecular flexibility index (Phi) is 11.3. The standard InChI is InChI=1S/C26H39N3O6S/c1-26(2,3)18-36(31,32)35-21(15-22(28)20-12-8-5-9-13-20)17-33-24(16-27)23(34-25(29)30)14-19-10-6-4-7-11-19/h4-13,21-24H,14-18,27-28H2,1-3H3,(H2,29,30). The van der Waals surface area contributed by atoms with E-state index >= 15 is 0 Å². The molecule has 2 aromatic rings. The van der Waals surface area contributed by atoms with Crippen molar-refractivity contribution in [3.8, 4) is 0 Å². The summed E-state index contributed by atoms with van der Waals surface area (Å²) in [5.41, 5.74) is 18.9. The molecule has 0 aliphatic rings. The monoisotopic (exact) mass is 521 g/mol. The van der Waals surface area contributed by atoms with Crippen molar-refractivity contribution >= 4 is 16.2 Å². The zero-order chi connectivity index (χ0) is 26.8. The number of benzene rings is 2. The van der Waals surface area contributed by atoms with Crippen molar-refractivity contribution in [3.63, 3.8) is 0 Å². The lowest BCUT2D eigenvalue weighted by Crippen LogP contribution is -2.43. The molecule has 4 unspecified atom stereocenters. The minimum absolute atomic E-state index is 0.0109. The van der Waals surface area contributed by atoms with Gasteiger partial charge in [0.2, 0.25) is 0 Å². The summed E-state index contributed by atoms with van der Waals surface area (Å²) in [7, 11) is -3.88. The highest BCUT2D eigenvalue weighted by Crippen LogP contribution is 2.23. The van der Waals surface area contributed by atoms with E-state index in [0.717, 1.165) is 11.1 Å². The van der Waals surface area contributed by atoms with E-state index in [0.29, 0.717) is 6.42 Å². The Bertz CT molecular complexity index is 1030. The van der Waals surface area contributed by atoms with E-state index in [4.69, 9.17) is 30.9 Å². The molecule has 0 bridgehead atoms. The van der Waals surface area contributed by atoms with Crippen molar-refractivity contribution < 1.29 is 26.9 Å². The Hall–Kier alpha value is -2.50. The highest BCUT2D eigenvalue weighted by atomic mass is 32.2. The van der Waals surface area contributed by atoms with E-state index in [1.807, 2.05) is 81.4 Å². The first-order valence-electron chi connectivity index (χ1n) is 11.9. The van der Waals surface area contributed by atoms with E-state index in [2.05, 4.69) is 0 Å². The average molecular weight is 522 g/mol. The number of amides is 1. The molecule has 0 aliphatic heterocycles. The molecule has 2 aromatic carbocycles. The molecule has 36 heavy (non-hydrogen) atoms. The van der Waals surface area contributed by atoms with Crippen LogP contribution in [0.25, 0.3) is 0 Å². The van der Waals surface area contributed by atoms with Crippen LogP contribution in [0, 0.1) is 5.41 Å². The summed E-state index contributed by atoms with van der Waals surface area (Å²) in [4.78, 5) is 11.6. The van der Waals surface area contributed by atoms with Gasteiger partial charge >= 0.3 is 6.09 Å². The third kappa shape index (κ3) is 11.0. The van der Waals surface area contributed by atoms with Crippen LogP contribution >= 0.6 is 0 Å². The summed E-state index contributed by atoms with van der Waals surface area (Å²) in [5.74, 6) is -0.168. The van der Waals surface area contributed by atoms with Gasteiger partial charge in [-0.25, -0.2) is 4.79 Å². The summed E-state index contributed by atoms with van der Waals surface area (Å²) in [5, 5.41) is 0. The molecule has 0 aliphatic carbocycles. The minimum atomic E-state index is -3.88. The zero-order valence-electron chi connectivity index (χ0n) is 21.2. The van der Waals surface area contributed by atoms with Gasteiger partial charge in [-0.05, 0) is 23.0 Å². The van der Waals surface area contributed by atoms with Crippen LogP contribution in [-0.4, -0.2) is 51.7 Å². The van der Waals surface area contributed by atoms with Gasteiger partial charge in [0, 0.05) is 19.0 Å². The average Bonchev–Trinajstić information content (AvgIpc) is 2.78. The van der Waals surface area contributed by atoms with Crippen molar-refractivity contribution in [3.05, 3.63) is 71.8 Å². The molecule has 6 N–H and O–H groups in total. The maximum atomic E-state index is 12.8. The van der Waals surface area contributed by atoms with Crippen molar-refractivity contribution in [2.24, 2.45) is 22.6 Å². The predicted octanol–water partition coefficient (Wildman–Crippen LogP) is 2.89. The second-order valence-corrected chi connectivity index (χ2v) is 11.6. The molecule has 0 heterocycles. The van der Waals surface area contributed by atoms with Gasteiger partial charge in [-0.1, -0.05) is 81.4 Å². The Morgan fingerprint density at radius 2 is 1.56 bits per heavy atom. The molecule has 0 radical (unpaired) electrons. The number of nitrogens with two attached hydrogens (primary N) is 3. The van der Waals surface area contributed by atoms with E-state index in [1.54, 1.807) is 0 Å². The Morgan fingerprint density at radius 3 is 2.08 bits per heavy atom. The quantitative estimate of drug-likeness (QED) is 0.320. The Balaban J connectivity index is 2.19. The number of hydrogen-bond donors (Lipinski definition) is 3. The lowest BCUT2D eigenvalue weighted by molar-refractivity contribution is -0.0604. The molecule has 2 rings (SSSR count).